The minimum Gasteiger partial charge on any atom is -0.348 e. The molecule has 1 N–H and O–H groups in total. The van der Waals surface area contributed by atoms with E-state index in [4.69, 9.17) is 0 Å². The molecule has 1 aliphatic carbocycles. The number of para-hydroxylation sites is 1. The number of nitrogens with one attached hydrogen (secondary N) is 1. The zero-order chi connectivity index (χ0) is 19.9. The molecule has 6 rings (SSSR count). The smallest absolute Gasteiger partial charge is 0.252 e. The summed E-state index contributed by atoms with van der Waals surface area (Å²) in [4.78, 5) is 13.0. The van der Waals surface area contributed by atoms with Gasteiger partial charge in [0.1, 0.15) is 0 Å². The number of fused-ring (bicyclic) bond motifs is 10. The Kier molecular flexibility index (Phi) is 3.32. The summed E-state index contributed by atoms with van der Waals surface area (Å²) in [7, 11) is 2.00. The van der Waals surface area contributed by atoms with Gasteiger partial charge in [-0.3, -0.25) is 9.48 Å². The Morgan fingerprint density at radius 1 is 1.14 bits per heavy atom. The fourth-order valence-electron chi connectivity index (χ4n) is 5.46. The molecule has 0 atom stereocenters. The van der Waals surface area contributed by atoms with Crippen molar-refractivity contribution in [2.45, 2.75) is 39.8 Å². The minimum atomic E-state index is 0.0514. The lowest BCUT2D eigenvalue weighted by Crippen LogP contribution is -2.16. The van der Waals surface area contributed by atoms with Crippen molar-refractivity contribution in [1.82, 2.24) is 19.7 Å². The highest BCUT2D eigenvalue weighted by Gasteiger charge is 2.35. The second-order valence-corrected chi connectivity index (χ2v) is 8.76. The molecule has 0 unspecified atom stereocenters. The fraction of sp³-hybridized carbons (Fsp3) is 0.333. The standard InChI is InChI=1S/C24H24N4O/c1-13(2)12-28-19-7-5-4-6-14(19)21-17-10-25-24(29)22(17)20-15(23(21)28)8-9-18-16(20)11-26-27(18)3/h4-7,11,13H,8-10,12H2,1-3H3,(H,25,29). The molecule has 0 bridgehead atoms. The molecular formula is C24H24N4O. The molecule has 2 aliphatic rings. The third-order valence-electron chi connectivity index (χ3n) is 6.56. The van der Waals surface area contributed by atoms with Crippen molar-refractivity contribution in [1.29, 1.82) is 0 Å². The molecule has 2 aromatic heterocycles. The van der Waals surface area contributed by atoms with Crippen molar-refractivity contribution in [3.05, 3.63) is 52.8 Å². The van der Waals surface area contributed by atoms with Gasteiger partial charge in [0.05, 0.1) is 17.3 Å². The van der Waals surface area contributed by atoms with Crippen molar-refractivity contribution < 1.29 is 4.79 Å². The van der Waals surface area contributed by atoms with Gasteiger partial charge in [-0.1, -0.05) is 32.0 Å². The summed E-state index contributed by atoms with van der Waals surface area (Å²) >= 11 is 0. The van der Waals surface area contributed by atoms with E-state index in [1.54, 1.807) is 0 Å². The number of rotatable bonds is 2. The van der Waals surface area contributed by atoms with Crippen molar-refractivity contribution in [2.75, 3.05) is 0 Å². The third kappa shape index (κ3) is 2.10. The van der Waals surface area contributed by atoms with Crippen LogP contribution in [0, 0.1) is 5.92 Å². The van der Waals surface area contributed by atoms with Crippen molar-refractivity contribution in [2.24, 2.45) is 13.0 Å². The summed E-state index contributed by atoms with van der Waals surface area (Å²) < 4.78 is 4.46. The fourth-order valence-corrected chi connectivity index (χ4v) is 5.46. The third-order valence-corrected chi connectivity index (χ3v) is 6.56. The highest BCUT2D eigenvalue weighted by Crippen LogP contribution is 2.46. The topological polar surface area (TPSA) is 51.9 Å². The van der Waals surface area contributed by atoms with Crippen LogP contribution in [0.25, 0.3) is 32.9 Å². The Bertz CT molecular complexity index is 1340. The first kappa shape index (κ1) is 16.8. The van der Waals surface area contributed by atoms with Gasteiger partial charge in [-0.2, -0.15) is 5.10 Å². The molecule has 1 amide bonds. The molecule has 1 aliphatic heterocycles. The number of aryl methyl sites for hydroxylation is 2. The van der Waals surface area contributed by atoms with Gasteiger partial charge in [0, 0.05) is 53.2 Å². The highest BCUT2D eigenvalue weighted by molar-refractivity contribution is 6.19. The lowest BCUT2D eigenvalue weighted by Gasteiger charge is -2.23. The minimum absolute atomic E-state index is 0.0514. The van der Waals surface area contributed by atoms with Gasteiger partial charge in [0.2, 0.25) is 0 Å². The van der Waals surface area contributed by atoms with Crippen LogP contribution in [0.1, 0.15) is 41.0 Å². The number of carbonyl (C=O) groups is 1. The summed E-state index contributed by atoms with van der Waals surface area (Å²) in [5, 5.41) is 10.1. The van der Waals surface area contributed by atoms with E-state index in [0.29, 0.717) is 12.5 Å². The lowest BCUT2D eigenvalue weighted by molar-refractivity contribution is 0.0966. The molecule has 5 heteroatoms. The average molecular weight is 384 g/mol. The monoisotopic (exact) mass is 384 g/mol. The largest absolute Gasteiger partial charge is 0.348 e. The van der Waals surface area contributed by atoms with E-state index >= 15 is 0 Å². The van der Waals surface area contributed by atoms with E-state index in [1.165, 1.54) is 33.1 Å². The van der Waals surface area contributed by atoms with Gasteiger partial charge in [0.25, 0.3) is 5.91 Å². The molecule has 0 saturated heterocycles. The van der Waals surface area contributed by atoms with Crippen LogP contribution in [0.2, 0.25) is 0 Å². The Morgan fingerprint density at radius 2 is 1.97 bits per heavy atom. The maximum atomic E-state index is 13.0. The number of aromatic nitrogens is 3. The Morgan fingerprint density at radius 3 is 2.79 bits per heavy atom. The van der Waals surface area contributed by atoms with E-state index in [9.17, 15) is 4.79 Å². The molecule has 29 heavy (non-hydrogen) atoms. The molecule has 2 aromatic carbocycles. The van der Waals surface area contributed by atoms with Crippen LogP contribution in [0.5, 0.6) is 0 Å². The number of benzene rings is 2. The molecule has 5 nitrogen and oxygen atoms in total. The molecular weight excluding hydrogens is 360 g/mol. The average Bonchev–Trinajstić information content (AvgIpc) is 3.37. The molecule has 4 aromatic rings. The van der Waals surface area contributed by atoms with Crippen LogP contribution in [0.3, 0.4) is 0 Å². The maximum Gasteiger partial charge on any atom is 0.252 e. The molecule has 3 heterocycles. The normalized spacial score (nSPS) is 15.1. The van der Waals surface area contributed by atoms with Gasteiger partial charge in [-0.15, -0.1) is 0 Å². The van der Waals surface area contributed by atoms with Gasteiger partial charge < -0.3 is 9.88 Å². The summed E-state index contributed by atoms with van der Waals surface area (Å²) in [6.07, 6.45) is 3.84. The maximum absolute atomic E-state index is 13.0. The van der Waals surface area contributed by atoms with E-state index in [1.807, 2.05) is 17.9 Å². The van der Waals surface area contributed by atoms with E-state index < -0.39 is 0 Å². The zero-order valence-electron chi connectivity index (χ0n) is 17.0. The molecule has 0 radical (unpaired) electrons. The van der Waals surface area contributed by atoms with Crippen LogP contribution in [-0.2, 0) is 33.0 Å². The van der Waals surface area contributed by atoms with Crippen LogP contribution in [0.15, 0.2) is 30.5 Å². The van der Waals surface area contributed by atoms with Crippen LogP contribution >= 0.6 is 0 Å². The van der Waals surface area contributed by atoms with Crippen LogP contribution in [0.4, 0.5) is 0 Å². The first-order chi connectivity index (χ1) is 14.1. The summed E-state index contributed by atoms with van der Waals surface area (Å²) in [6.45, 7) is 6.11. The van der Waals surface area contributed by atoms with E-state index in [2.05, 4.69) is 53.1 Å². The van der Waals surface area contributed by atoms with Gasteiger partial charge in [0.15, 0.2) is 0 Å². The van der Waals surface area contributed by atoms with Gasteiger partial charge in [-0.05, 0) is 36.0 Å². The van der Waals surface area contributed by atoms with Crippen molar-refractivity contribution >= 4 is 27.7 Å². The van der Waals surface area contributed by atoms with Crippen molar-refractivity contribution in [3.63, 3.8) is 0 Å². The highest BCUT2D eigenvalue weighted by atomic mass is 16.1. The molecule has 0 spiro atoms. The number of amides is 1. The summed E-state index contributed by atoms with van der Waals surface area (Å²) in [5.74, 6) is 0.589. The van der Waals surface area contributed by atoms with E-state index in [-0.39, 0.29) is 5.91 Å². The zero-order valence-corrected chi connectivity index (χ0v) is 17.0. The number of nitrogens with zero attached hydrogens (tertiary/aromatic N) is 3. The Hall–Kier alpha value is -3.08. The van der Waals surface area contributed by atoms with Crippen LogP contribution < -0.4 is 5.32 Å². The number of hydrogen-bond donors (Lipinski definition) is 1. The molecule has 146 valence electrons. The SMILES string of the molecule is CC(C)Cn1c2ccccc2c2c3c(c4c(c21)CCc1c-4cnn1C)C(=O)NC3. The Balaban J connectivity index is 1.86. The quantitative estimate of drug-likeness (QED) is 0.563. The predicted molar refractivity (Wildman–Crippen MR) is 115 cm³/mol. The van der Waals surface area contributed by atoms with Crippen molar-refractivity contribution in [3.8, 4) is 11.1 Å². The molecule has 0 fully saturated rings. The second-order valence-electron chi connectivity index (χ2n) is 8.76. The summed E-state index contributed by atoms with van der Waals surface area (Å²) in [5.41, 5.74) is 9.39. The second kappa shape index (κ2) is 5.72. The van der Waals surface area contributed by atoms with Gasteiger partial charge in [-0.25, -0.2) is 0 Å². The van der Waals surface area contributed by atoms with E-state index in [0.717, 1.165) is 41.6 Å². The lowest BCUT2D eigenvalue weighted by atomic mass is 9.82. The number of hydrogen-bond acceptors (Lipinski definition) is 2. The Labute approximate surface area is 169 Å². The first-order valence-electron chi connectivity index (χ1n) is 10.4. The summed E-state index contributed by atoms with van der Waals surface area (Å²) in [6, 6.07) is 8.66. The predicted octanol–water partition coefficient (Wildman–Crippen LogP) is 4.19. The first-order valence-corrected chi connectivity index (χ1v) is 10.4. The van der Waals surface area contributed by atoms with Crippen LogP contribution in [-0.4, -0.2) is 20.3 Å². The van der Waals surface area contributed by atoms with Gasteiger partial charge >= 0.3 is 0 Å². The number of carbonyl (C=O) groups excluding carboxylic acids is 1. The molecule has 0 saturated carbocycles.